The van der Waals surface area contributed by atoms with Gasteiger partial charge in [-0.15, -0.1) is 0 Å². The Labute approximate surface area is 81.4 Å². The normalized spacial score (nSPS) is 46.3. The minimum absolute atomic E-state index is 0.0853. The van der Waals surface area contributed by atoms with Crippen LogP contribution in [0, 0.1) is 0 Å². The van der Waals surface area contributed by atoms with E-state index in [4.69, 9.17) is 20.1 Å². The van der Waals surface area contributed by atoms with E-state index < -0.39 is 36.8 Å². The van der Waals surface area contributed by atoms with Crippen LogP contribution in [0.1, 0.15) is 13.3 Å². The van der Waals surface area contributed by atoms with Gasteiger partial charge in [-0.3, -0.25) is 0 Å². The van der Waals surface area contributed by atoms with Gasteiger partial charge in [-0.05, 0) is 6.92 Å². The van der Waals surface area contributed by atoms with E-state index in [-0.39, 0.29) is 6.42 Å². The van der Waals surface area contributed by atoms with Crippen LogP contribution in [0.15, 0.2) is 0 Å². The molecule has 1 fully saturated rings. The van der Waals surface area contributed by atoms with Gasteiger partial charge in [0.15, 0.2) is 6.29 Å². The lowest BCUT2D eigenvalue weighted by atomic mass is 9.95. The topological polar surface area (TPSA) is 110 Å². The number of aliphatic hydroxyl groups excluding tert-OH is 5. The van der Waals surface area contributed by atoms with Crippen molar-refractivity contribution in [2.24, 2.45) is 0 Å². The van der Waals surface area contributed by atoms with Gasteiger partial charge in [-0.2, -0.15) is 0 Å². The van der Waals surface area contributed by atoms with E-state index in [2.05, 4.69) is 0 Å². The first-order valence-electron chi connectivity index (χ1n) is 4.49. The fourth-order valence-corrected chi connectivity index (χ4v) is 1.46. The van der Waals surface area contributed by atoms with Crippen molar-refractivity contribution in [3.63, 3.8) is 0 Å². The monoisotopic (exact) mass is 208 g/mol. The average molecular weight is 208 g/mol. The summed E-state index contributed by atoms with van der Waals surface area (Å²) in [4.78, 5) is 0. The molecule has 14 heavy (non-hydrogen) atoms. The predicted molar refractivity (Wildman–Crippen MR) is 45.2 cm³/mol. The maximum Gasteiger partial charge on any atom is 0.183 e. The quantitative estimate of drug-likeness (QED) is 0.345. The molecule has 0 amide bonds. The molecule has 1 heterocycles. The van der Waals surface area contributed by atoms with Crippen LogP contribution in [0.4, 0.5) is 0 Å². The Kier molecular flexibility index (Phi) is 3.82. The Hall–Kier alpha value is -0.240. The molecule has 6 nitrogen and oxygen atoms in total. The fourth-order valence-electron chi connectivity index (χ4n) is 1.46. The summed E-state index contributed by atoms with van der Waals surface area (Å²) in [5, 5.41) is 46.0. The second-order valence-electron chi connectivity index (χ2n) is 3.62. The molecule has 0 aliphatic carbocycles. The zero-order valence-electron chi connectivity index (χ0n) is 7.82. The summed E-state index contributed by atoms with van der Waals surface area (Å²) in [5.74, 6) is 0. The SMILES string of the molecule is CC(O)CC1O[C@H](O)[C@H](O)[C@@H](O)[C@@H]1O. The van der Waals surface area contributed by atoms with Crippen molar-refractivity contribution in [2.45, 2.75) is 50.2 Å². The first-order chi connectivity index (χ1) is 6.43. The molecule has 0 aromatic heterocycles. The zero-order chi connectivity index (χ0) is 10.9. The highest BCUT2D eigenvalue weighted by Crippen LogP contribution is 2.22. The summed E-state index contributed by atoms with van der Waals surface area (Å²) in [7, 11) is 0. The third-order valence-corrected chi connectivity index (χ3v) is 2.26. The summed E-state index contributed by atoms with van der Waals surface area (Å²) in [5.41, 5.74) is 0. The average Bonchev–Trinajstić information content (AvgIpc) is 2.10. The summed E-state index contributed by atoms with van der Waals surface area (Å²) < 4.78 is 4.83. The number of hydrogen-bond acceptors (Lipinski definition) is 6. The number of rotatable bonds is 2. The molecule has 1 saturated heterocycles. The molecule has 0 saturated carbocycles. The highest BCUT2D eigenvalue weighted by molar-refractivity contribution is 4.88. The van der Waals surface area contributed by atoms with Crippen molar-refractivity contribution >= 4 is 0 Å². The molecule has 0 aromatic carbocycles. The lowest BCUT2D eigenvalue weighted by Gasteiger charge is -2.38. The standard InChI is InChI=1S/C8H16O6/c1-3(9)2-4-5(10)6(11)7(12)8(13)14-4/h3-13H,2H2,1H3/t3?,4?,5-,6+,7-,8+/m1/s1. The summed E-state index contributed by atoms with van der Waals surface area (Å²) in [6, 6.07) is 0. The first-order valence-corrected chi connectivity index (χ1v) is 4.49. The third kappa shape index (κ3) is 2.41. The maximum absolute atomic E-state index is 9.42. The Morgan fingerprint density at radius 1 is 1.07 bits per heavy atom. The van der Waals surface area contributed by atoms with Gasteiger partial charge in [-0.1, -0.05) is 0 Å². The van der Waals surface area contributed by atoms with Gasteiger partial charge in [0.2, 0.25) is 0 Å². The van der Waals surface area contributed by atoms with Crippen LogP contribution >= 0.6 is 0 Å². The second-order valence-corrected chi connectivity index (χ2v) is 3.62. The van der Waals surface area contributed by atoms with Crippen LogP contribution < -0.4 is 0 Å². The van der Waals surface area contributed by atoms with Crippen LogP contribution in [0.2, 0.25) is 0 Å². The van der Waals surface area contributed by atoms with Gasteiger partial charge >= 0.3 is 0 Å². The van der Waals surface area contributed by atoms with E-state index in [9.17, 15) is 10.2 Å². The van der Waals surface area contributed by atoms with Crippen LogP contribution in [-0.2, 0) is 4.74 Å². The minimum Gasteiger partial charge on any atom is -0.393 e. The Balaban J connectivity index is 2.60. The Morgan fingerprint density at radius 3 is 2.14 bits per heavy atom. The van der Waals surface area contributed by atoms with Crippen molar-refractivity contribution in [3.05, 3.63) is 0 Å². The molecule has 0 bridgehead atoms. The first kappa shape index (κ1) is 11.8. The molecule has 84 valence electrons. The van der Waals surface area contributed by atoms with Gasteiger partial charge in [0.05, 0.1) is 12.2 Å². The summed E-state index contributed by atoms with van der Waals surface area (Å²) in [6.07, 6.45) is -7.31. The molecular weight excluding hydrogens is 192 g/mol. The molecule has 6 heteroatoms. The number of ether oxygens (including phenoxy) is 1. The lowest BCUT2D eigenvalue weighted by molar-refractivity contribution is -0.285. The lowest BCUT2D eigenvalue weighted by Crippen LogP contribution is -2.57. The maximum atomic E-state index is 9.42. The van der Waals surface area contributed by atoms with Crippen molar-refractivity contribution in [3.8, 4) is 0 Å². The zero-order valence-corrected chi connectivity index (χ0v) is 7.82. The molecule has 1 rings (SSSR count). The highest BCUT2D eigenvalue weighted by Gasteiger charge is 2.42. The summed E-state index contributed by atoms with van der Waals surface area (Å²) in [6.45, 7) is 1.50. The van der Waals surface area contributed by atoms with E-state index in [1.54, 1.807) is 0 Å². The second kappa shape index (κ2) is 4.52. The predicted octanol–water partition coefficient (Wildman–Crippen LogP) is -2.44. The molecule has 5 N–H and O–H groups in total. The molecule has 1 aliphatic heterocycles. The van der Waals surface area contributed by atoms with E-state index in [1.165, 1.54) is 6.92 Å². The van der Waals surface area contributed by atoms with Crippen LogP contribution in [0.25, 0.3) is 0 Å². The van der Waals surface area contributed by atoms with Crippen molar-refractivity contribution in [2.75, 3.05) is 0 Å². The fraction of sp³-hybridized carbons (Fsp3) is 1.00. The van der Waals surface area contributed by atoms with E-state index >= 15 is 0 Å². The number of hydrogen-bond donors (Lipinski definition) is 5. The van der Waals surface area contributed by atoms with Crippen LogP contribution in [0.3, 0.4) is 0 Å². The molecule has 0 spiro atoms. The van der Waals surface area contributed by atoms with Gasteiger partial charge < -0.3 is 30.3 Å². The van der Waals surface area contributed by atoms with Gasteiger partial charge in [0, 0.05) is 6.42 Å². The Morgan fingerprint density at radius 2 is 1.64 bits per heavy atom. The van der Waals surface area contributed by atoms with Crippen molar-refractivity contribution in [1.82, 2.24) is 0 Å². The molecule has 6 atom stereocenters. The molecule has 1 aliphatic rings. The minimum atomic E-state index is -1.53. The van der Waals surface area contributed by atoms with Crippen LogP contribution in [-0.4, -0.2) is 62.3 Å². The smallest absolute Gasteiger partial charge is 0.183 e. The molecule has 0 aromatic rings. The third-order valence-electron chi connectivity index (χ3n) is 2.26. The van der Waals surface area contributed by atoms with Crippen molar-refractivity contribution < 1.29 is 30.3 Å². The largest absolute Gasteiger partial charge is 0.393 e. The van der Waals surface area contributed by atoms with Gasteiger partial charge in [0.1, 0.15) is 18.3 Å². The van der Waals surface area contributed by atoms with E-state index in [0.29, 0.717) is 0 Å². The van der Waals surface area contributed by atoms with E-state index in [0.717, 1.165) is 0 Å². The molecule has 0 radical (unpaired) electrons. The van der Waals surface area contributed by atoms with Crippen molar-refractivity contribution in [1.29, 1.82) is 0 Å². The van der Waals surface area contributed by atoms with Gasteiger partial charge in [0.25, 0.3) is 0 Å². The highest BCUT2D eigenvalue weighted by atomic mass is 16.6. The Bertz CT molecular complexity index is 185. The summed E-state index contributed by atoms with van der Waals surface area (Å²) >= 11 is 0. The molecular formula is C8H16O6. The number of aliphatic hydroxyl groups is 5. The van der Waals surface area contributed by atoms with Crippen LogP contribution in [0.5, 0.6) is 0 Å². The molecule has 2 unspecified atom stereocenters. The van der Waals surface area contributed by atoms with Gasteiger partial charge in [-0.25, -0.2) is 0 Å². The van der Waals surface area contributed by atoms with E-state index in [1.807, 2.05) is 0 Å².